The van der Waals surface area contributed by atoms with E-state index in [2.05, 4.69) is 10.3 Å². The SMILES string of the molecule is COCc1cc(C)nc2sc(C(=O)NC(C)c3ccccc3)c(N)c12. The van der Waals surface area contributed by atoms with Crippen LogP contribution in [-0.4, -0.2) is 18.0 Å². The number of carbonyl (C=O) groups excluding carboxylic acids is 1. The largest absolute Gasteiger partial charge is 0.397 e. The summed E-state index contributed by atoms with van der Waals surface area (Å²) in [6.07, 6.45) is 0. The highest BCUT2D eigenvalue weighted by Crippen LogP contribution is 2.35. The molecule has 0 saturated heterocycles. The van der Waals surface area contributed by atoms with Crippen molar-refractivity contribution in [1.29, 1.82) is 0 Å². The number of aromatic nitrogens is 1. The van der Waals surface area contributed by atoms with Crippen molar-refractivity contribution >= 4 is 33.1 Å². The molecule has 1 unspecified atom stereocenters. The molecule has 0 fully saturated rings. The summed E-state index contributed by atoms with van der Waals surface area (Å²) in [4.78, 5) is 18.5. The second kappa shape index (κ2) is 7.21. The van der Waals surface area contributed by atoms with Gasteiger partial charge in [0.2, 0.25) is 0 Å². The molecule has 6 heteroatoms. The number of hydrogen-bond acceptors (Lipinski definition) is 5. The summed E-state index contributed by atoms with van der Waals surface area (Å²) in [6.45, 7) is 4.31. The number of hydrogen-bond donors (Lipinski definition) is 2. The minimum Gasteiger partial charge on any atom is -0.397 e. The Kier molecular flexibility index (Phi) is 5.01. The Morgan fingerprint density at radius 2 is 2.08 bits per heavy atom. The summed E-state index contributed by atoms with van der Waals surface area (Å²) >= 11 is 1.32. The van der Waals surface area contributed by atoms with Gasteiger partial charge in [0, 0.05) is 18.2 Å². The molecule has 0 spiro atoms. The fourth-order valence-corrected chi connectivity index (χ4v) is 3.95. The zero-order valence-electron chi connectivity index (χ0n) is 14.5. The molecule has 0 aliphatic rings. The molecule has 3 rings (SSSR count). The van der Waals surface area contributed by atoms with Gasteiger partial charge in [-0.15, -0.1) is 11.3 Å². The quantitative estimate of drug-likeness (QED) is 0.729. The number of nitrogens with zero attached hydrogens (tertiary/aromatic N) is 1. The van der Waals surface area contributed by atoms with E-state index in [0.717, 1.165) is 27.0 Å². The monoisotopic (exact) mass is 355 g/mol. The maximum Gasteiger partial charge on any atom is 0.264 e. The van der Waals surface area contributed by atoms with Crippen LogP contribution in [0.25, 0.3) is 10.2 Å². The van der Waals surface area contributed by atoms with E-state index >= 15 is 0 Å². The van der Waals surface area contributed by atoms with Crippen molar-refractivity contribution < 1.29 is 9.53 Å². The number of aryl methyl sites for hydroxylation is 1. The van der Waals surface area contributed by atoms with Gasteiger partial charge in [-0.3, -0.25) is 4.79 Å². The lowest BCUT2D eigenvalue weighted by Gasteiger charge is -2.13. The molecule has 0 radical (unpaired) electrons. The fraction of sp³-hybridized carbons (Fsp3) is 0.263. The number of thiophene rings is 1. The summed E-state index contributed by atoms with van der Waals surface area (Å²) in [5.74, 6) is -0.183. The Bertz CT molecular complexity index is 906. The van der Waals surface area contributed by atoms with Crippen molar-refractivity contribution in [3.63, 3.8) is 0 Å². The molecule has 0 saturated carbocycles. The first-order valence-electron chi connectivity index (χ1n) is 8.04. The van der Waals surface area contributed by atoms with E-state index < -0.39 is 0 Å². The van der Waals surface area contributed by atoms with Crippen molar-refractivity contribution in [3.8, 4) is 0 Å². The zero-order chi connectivity index (χ0) is 18.0. The third-order valence-corrected chi connectivity index (χ3v) is 5.16. The van der Waals surface area contributed by atoms with Gasteiger partial charge in [-0.05, 0) is 31.0 Å². The molecule has 0 bridgehead atoms. The number of benzene rings is 1. The number of amides is 1. The van der Waals surface area contributed by atoms with E-state index in [1.165, 1.54) is 11.3 Å². The second-order valence-corrected chi connectivity index (χ2v) is 6.99. The number of rotatable bonds is 5. The maximum absolute atomic E-state index is 12.7. The predicted octanol–water partition coefficient (Wildman–Crippen LogP) is 3.82. The van der Waals surface area contributed by atoms with Crippen LogP contribution in [0.4, 0.5) is 5.69 Å². The summed E-state index contributed by atoms with van der Waals surface area (Å²) in [6, 6.07) is 11.7. The number of nitrogens with two attached hydrogens (primary N) is 1. The number of methoxy groups -OCH3 is 1. The molecule has 1 aromatic carbocycles. The van der Waals surface area contributed by atoms with E-state index in [9.17, 15) is 4.79 Å². The Morgan fingerprint density at radius 1 is 1.36 bits per heavy atom. The normalized spacial score (nSPS) is 12.3. The fourth-order valence-electron chi connectivity index (χ4n) is 2.86. The molecule has 3 N–H and O–H groups in total. The van der Waals surface area contributed by atoms with Crippen LogP contribution >= 0.6 is 11.3 Å². The molecule has 25 heavy (non-hydrogen) atoms. The Morgan fingerprint density at radius 3 is 2.76 bits per heavy atom. The lowest BCUT2D eigenvalue weighted by Crippen LogP contribution is -2.26. The third kappa shape index (κ3) is 3.50. The van der Waals surface area contributed by atoms with Crippen LogP contribution in [0, 0.1) is 6.92 Å². The van der Waals surface area contributed by atoms with Crippen LogP contribution in [0.3, 0.4) is 0 Å². The minimum absolute atomic E-state index is 0.105. The van der Waals surface area contributed by atoms with Crippen LogP contribution in [-0.2, 0) is 11.3 Å². The van der Waals surface area contributed by atoms with E-state index in [4.69, 9.17) is 10.5 Å². The number of pyridine rings is 1. The van der Waals surface area contributed by atoms with Gasteiger partial charge in [0.05, 0.1) is 18.3 Å². The van der Waals surface area contributed by atoms with Crippen molar-refractivity contribution in [2.45, 2.75) is 26.5 Å². The van der Waals surface area contributed by atoms with Crippen LogP contribution in [0.1, 0.15) is 39.5 Å². The van der Waals surface area contributed by atoms with Crippen LogP contribution < -0.4 is 11.1 Å². The first kappa shape index (κ1) is 17.4. The molecular weight excluding hydrogens is 334 g/mol. The van der Waals surface area contributed by atoms with Gasteiger partial charge < -0.3 is 15.8 Å². The van der Waals surface area contributed by atoms with Crippen LogP contribution in [0.15, 0.2) is 36.4 Å². The second-order valence-electron chi connectivity index (χ2n) is 5.99. The molecular formula is C19H21N3O2S. The highest BCUT2D eigenvalue weighted by atomic mass is 32.1. The van der Waals surface area contributed by atoms with Gasteiger partial charge >= 0.3 is 0 Å². The average Bonchev–Trinajstić information content (AvgIpc) is 2.92. The molecule has 5 nitrogen and oxygen atoms in total. The van der Waals surface area contributed by atoms with Gasteiger partial charge in [0.1, 0.15) is 9.71 Å². The highest BCUT2D eigenvalue weighted by Gasteiger charge is 2.21. The molecule has 1 atom stereocenters. The molecule has 1 amide bonds. The molecule has 2 aromatic heterocycles. The molecule has 0 aliphatic carbocycles. The molecule has 2 heterocycles. The number of nitrogens with one attached hydrogen (secondary N) is 1. The number of nitrogen functional groups attached to an aromatic ring is 1. The highest BCUT2D eigenvalue weighted by molar-refractivity contribution is 7.21. The lowest BCUT2D eigenvalue weighted by atomic mass is 10.1. The number of carbonyl (C=O) groups is 1. The smallest absolute Gasteiger partial charge is 0.264 e. The average molecular weight is 355 g/mol. The summed E-state index contributed by atoms with van der Waals surface area (Å²) < 4.78 is 5.26. The molecule has 3 aromatic rings. The van der Waals surface area contributed by atoms with Crippen molar-refractivity contribution in [2.24, 2.45) is 0 Å². The van der Waals surface area contributed by atoms with E-state index in [1.807, 2.05) is 50.2 Å². The Hall–Kier alpha value is -2.44. The summed E-state index contributed by atoms with van der Waals surface area (Å²) in [5.41, 5.74) is 9.64. The standard InChI is InChI=1S/C19H21N3O2S/c1-11-9-14(10-24-3)15-16(20)17(25-19(15)21-11)18(23)22-12(2)13-7-5-4-6-8-13/h4-9,12H,10,20H2,1-3H3,(H,22,23). The van der Waals surface area contributed by atoms with Gasteiger partial charge in [-0.1, -0.05) is 30.3 Å². The Labute approximate surface area is 150 Å². The van der Waals surface area contributed by atoms with Gasteiger partial charge in [0.25, 0.3) is 5.91 Å². The predicted molar refractivity (Wildman–Crippen MR) is 102 cm³/mol. The topological polar surface area (TPSA) is 77.2 Å². The van der Waals surface area contributed by atoms with Crippen molar-refractivity contribution in [3.05, 3.63) is 58.1 Å². The summed E-state index contributed by atoms with van der Waals surface area (Å²) in [7, 11) is 1.64. The number of anilines is 1. The van der Waals surface area contributed by atoms with E-state index in [1.54, 1.807) is 7.11 Å². The van der Waals surface area contributed by atoms with Crippen LogP contribution in [0.5, 0.6) is 0 Å². The van der Waals surface area contributed by atoms with Gasteiger partial charge in [0.15, 0.2) is 0 Å². The minimum atomic E-state index is -0.183. The first-order valence-corrected chi connectivity index (χ1v) is 8.86. The zero-order valence-corrected chi connectivity index (χ0v) is 15.3. The number of ether oxygens (including phenoxy) is 1. The van der Waals surface area contributed by atoms with Crippen LogP contribution in [0.2, 0.25) is 0 Å². The van der Waals surface area contributed by atoms with Gasteiger partial charge in [-0.25, -0.2) is 4.98 Å². The van der Waals surface area contributed by atoms with Crippen molar-refractivity contribution in [1.82, 2.24) is 10.3 Å². The lowest BCUT2D eigenvalue weighted by molar-refractivity contribution is 0.0945. The first-order chi connectivity index (χ1) is 12.0. The molecule has 130 valence electrons. The van der Waals surface area contributed by atoms with E-state index in [-0.39, 0.29) is 11.9 Å². The molecule has 0 aliphatic heterocycles. The summed E-state index contributed by atoms with van der Waals surface area (Å²) in [5, 5.41) is 3.83. The maximum atomic E-state index is 12.7. The van der Waals surface area contributed by atoms with E-state index in [0.29, 0.717) is 17.2 Å². The third-order valence-electron chi connectivity index (χ3n) is 4.06. The van der Waals surface area contributed by atoms with Gasteiger partial charge in [-0.2, -0.15) is 0 Å². The Balaban J connectivity index is 1.94. The number of fused-ring (bicyclic) bond motifs is 1. The van der Waals surface area contributed by atoms with Crippen molar-refractivity contribution in [2.75, 3.05) is 12.8 Å².